The molecule has 2 aromatic carbocycles. The van der Waals surface area contributed by atoms with Crippen molar-refractivity contribution in [3.8, 4) is 17.6 Å². The summed E-state index contributed by atoms with van der Waals surface area (Å²) in [6.07, 6.45) is 0. The third-order valence-corrected chi connectivity index (χ3v) is 3.83. The standard InChI is InChI=1S/C17H14N4O3S/c1-2-23-15-8-11(9-18)6-7-14(15)24-10-16(22)19-12-4-3-5-13-17(12)21-25-20-13/h3-8H,2,10H2,1H3,(H,19,22). The monoisotopic (exact) mass is 354 g/mol. The molecule has 0 fully saturated rings. The van der Waals surface area contributed by atoms with Crippen molar-refractivity contribution in [3.63, 3.8) is 0 Å². The van der Waals surface area contributed by atoms with Crippen molar-refractivity contribution in [2.45, 2.75) is 6.92 Å². The zero-order valence-corrected chi connectivity index (χ0v) is 14.2. The smallest absolute Gasteiger partial charge is 0.262 e. The Kier molecular flexibility index (Phi) is 5.06. The van der Waals surface area contributed by atoms with E-state index in [0.29, 0.717) is 34.9 Å². The van der Waals surface area contributed by atoms with E-state index in [0.717, 1.165) is 17.2 Å². The largest absolute Gasteiger partial charge is 0.490 e. The van der Waals surface area contributed by atoms with Crippen LogP contribution in [-0.2, 0) is 4.79 Å². The number of fused-ring (bicyclic) bond motifs is 1. The van der Waals surface area contributed by atoms with Gasteiger partial charge in [0.05, 0.1) is 35.7 Å². The number of rotatable bonds is 6. The lowest BCUT2D eigenvalue weighted by atomic mass is 10.2. The number of benzene rings is 2. The molecule has 7 nitrogen and oxygen atoms in total. The minimum absolute atomic E-state index is 0.195. The van der Waals surface area contributed by atoms with Crippen molar-refractivity contribution < 1.29 is 14.3 Å². The van der Waals surface area contributed by atoms with Crippen molar-refractivity contribution in [2.24, 2.45) is 0 Å². The van der Waals surface area contributed by atoms with Crippen LogP contribution in [0, 0.1) is 11.3 Å². The Labute approximate surface area is 148 Å². The first kappa shape index (κ1) is 16.7. The Morgan fingerprint density at radius 2 is 2.12 bits per heavy atom. The van der Waals surface area contributed by atoms with Gasteiger partial charge in [0.15, 0.2) is 18.1 Å². The molecule has 0 aliphatic heterocycles. The minimum atomic E-state index is -0.327. The van der Waals surface area contributed by atoms with Gasteiger partial charge in [-0.3, -0.25) is 4.79 Å². The summed E-state index contributed by atoms with van der Waals surface area (Å²) in [5, 5.41) is 11.7. The van der Waals surface area contributed by atoms with Gasteiger partial charge in [0, 0.05) is 6.07 Å². The van der Waals surface area contributed by atoms with Crippen LogP contribution >= 0.6 is 11.7 Å². The normalized spacial score (nSPS) is 10.2. The van der Waals surface area contributed by atoms with E-state index in [9.17, 15) is 4.79 Å². The summed E-state index contributed by atoms with van der Waals surface area (Å²) < 4.78 is 19.3. The van der Waals surface area contributed by atoms with Crippen molar-refractivity contribution >= 4 is 34.4 Å². The molecular weight excluding hydrogens is 340 g/mol. The summed E-state index contributed by atoms with van der Waals surface area (Å²) in [4.78, 5) is 12.2. The van der Waals surface area contributed by atoms with Crippen molar-refractivity contribution in [1.29, 1.82) is 5.26 Å². The predicted molar refractivity (Wildman–Crippen MR) is 93.9 cm³/mol. The second-order valence-electron chi connectivity index (χ2n) is 4.98. The minimum Gasteiger partial charge on any atom is -0.490 e. The molecule has 0 saturated carbocycles. The van der Waals surface area contributed by atoms with Gasteiger partial charge in [-0.05, 0) is 31.2 Å². The lowest BCUT2D eigenvalue weighted by Crippen LogP contribution is -2.20. The van der Waals surface area contributed by atoms with Crippen LogP contribution in [-0.4, -0.2) is 27.9 Å². The van der Waals surface area contributed by atoms with E-state index in [1.165, 1.54) is 0 Å². The molecule has 3 aromatic rings. The number of nitriles is 1. The van der Waals surface area contributed by atoms with Gasteiger partial charge < -0.3 is 14.8 Å². The van der Waals surface area contributed by atoms with Crippen LogP contribution < -0.4 is 14.8 Å². The molecule has 0 saturated heterocycles. The Morgan fingerprint density at radius 1 is 1.24 bits per heavy atom. The lowest BCUT2D eigenvalue weighted by Gasteiger charge is -2.12. The number of nitrogens with zero attached hydrogens (tertiary/aromatic N) is 3. The zero-order chi connectivity index (χ0) is 17.6. The number of hydrogen-bond donors (Lipinski definition) is 1. The third-order valence-electron chi connectivity index (χ3n) is 3.29. The Morgan fingerprint density at radius 3 is 2.92 bits per heavy atom. The molecule has 25 heavy (non-hydrogen) atoms. The van der Waals surface area contributed by atoms with E-state index in [4.69, 9.17) is 14.7 Å². The summed E-state index contributed by atoms with van der Waals surface area (Å²) in [6.45, 7) is 2.06. The van der Waals surface area contributed by atoms with Crippen molar-refractivity contribution in [3.05, 3.63) is 42.0 Å². The number of amides is 1. The van der Waals surface area contributed by atoms with E-state index in [1.807, 2.05) is 19.1 Å². The molecule has 1 aromatic heterocycles. The van der Waals surface area contributed by atoms with E-state index in [2.05, 4.69) is 14.1 Å². The Hall–Kier alpha value is -3.18. The van der Waals surface area contributed by atoms with Gasteiger partial charge in [0.1, 0.15) is 11.0 Å². The molecule has 1 N–H and O–H groups in total. The van der Waals surface area contributed by atoms with Crippen molar-refractivity contribution in [1.82, 2.24) is 8.75 Å². The molecule has 0 aliphatic rings. The molecular formula is C17H14N4O3S. The summed E-state index contributed by atoms with van der Waals surface area (Å²) in [5.41, 5.74) is 2.43. The number of nitrogens with one attached hydrogen (secondary N) is 1. The number of anilines is 1. The maximum Gasteiger partial charge on any atom is 0.262 e. The fourth-order valence-electron chi connectivity index (χ4n) is 2.20. The molecule has 0 bridgehead atoms. The van der Waals surface area contributed by atoms with Gasteiger partial charge in [0.2, 0.25) is 0 Å². The maximum absolute atomic E-state index is 12.2. The third kappa shape index (κ3) is 3.84. The lowest BCUT2D eigenvalue weighted by molar-refractivity contribution is -0.118. The molecule has 1 amide bonds. The van der Waals surface area contributed by atoms with Crippen molar-refractivity contribution in [2.75, 3.05) is 18.5 Å². The summed E-state index contributed by atoms with van der Waals surface area (Å²) in [7, 11) is 0. The fraction of sp³-hybridized carbons (Fsp3) is 0.176. The van der Waals surface area contributed by atoms with Crippen LogP contribution in [0.2, 0.25) is 0 Å². The molecule has 0 atom stereocenters. The van der Waals surface area contributed by atoms with E-state index < -0.39 is 0 Å². The van der Waals surface area contributed by atoms with Crippen LogP contribution in [0.4, 0.5) is 5.69 Å². The average molecular weight is 354 g/mol. The quantitative estimate of drug-likeness (QED) is 0.731. The topological polar surface area (TPSA) is 97.1 Å². The average Bonchev–Trinajstić information content (AvgIpc) is 3.10. The van der Waals surface area contributed by atoms with E-state index >= 15 is 0 Å². The highest BCUT2D eigenvalue weighted by Gasteiger charge is 2.11. The zero-order valence-electron chi connectivity index (χ0n) is 13.4. The van der Waals surface area contributed by atoms with Gasteiger partial charge in [0.25, 0.3) is 5.91 Å². The highest BCUT2D eigenvalue weighted by molar-refractivity contribution is 7.00. The molecule has 1 heterocycles. The van der Waals surface area contributed by atoms with Crippen LogP contribution in [0.25, 0.3) is 11.0 Å². The SMILES string of the molecule is CCOc1cc(C#N)ccc1OCC(=O)Nc1cccc2nsnc12. The second kappa shape index (κ2) is 7.59. The Bertz CT molecular complexity index is 948. The van der Waals surface area contributed by atoms with Crippen LogP contribution in [0.5, 0.6) is 11.5 Å². The number of aromatic nitrogens is 2. The van der Waals surface area contributed by atoms with Gasteiger partial charge in [-0.2, -0.15) is 14.0 Å². The number of carbonyl (C=O) groups excluding carboxylic acids is 1. The van der Waals surface area contributed by atoms with Crippen LogP contribution in [0.3, 0.4) is 0 Å². The fourth-order valence-corrected chi connectivity index (χ4v) is 2.75. The first-order chi connectivity index (χ1) is 12.2. The Balaban J connectivity index is 1.68. The number of hydrogen-bond acceptors (Lipinski definition) is 7. The van der Waals surface area contributed by atoms with E-state index in [1.54, 1.807) is 30.3 Å². The van der Waals surface area contributed by atoms with Gasteiger partial charge >= 0.3 is 0 Å². The molecule has 0 spiro atoms. The molecule has 0 unspecified atom stereocenters. The van der Waals surface area contributed by atoms with Gasteiger partial charge in [-0.1, -0.05) is 6.07 Å². The van der Waals surface area contributed by atoms with Crippen LogP contribution in [0.15, 0.2) is 36.4 Å². The van der Waals surface area contributed by atoms with Crippen LogP contribution in [0.1, 0.15) is 12.5 Å². The maximum atomic E-state index is 12.2. The summed E-state index contributed by atoms with van der Waals surface area (Å²) in [6, 6.07) is 12.2. The molecule has 0 radical (unpaired) electrons. The first-order valence-corrected chi connectivity index (χ1v) is 8.25. The summed E-state index contributed by atoms with van der Waals surface area (Å²) >= 11 is 1.09. The highest BCUT2D eigenvalue weighted by Crippen LogP contribution is 2.28. The molecule has 0 aliphatic carbocycles. The number of ether oxygens (including phenoxy) is 2. The molecule has 8 heteroatoms. The second-order valence-corrected chi connectivity index (χ2v) is 5.51. The highest BCUT2D eigenvalue weighted by atomic mass is 32.1. The number of carbonyl (C=O) groups is 1. The summed E-state index contributed by atoms with van der Waals surface area (Å²) in [5.74, 6) is 0.511. The molecule has 126 valence electrons. The first-order valence-electron chi connectivity index (χ1n) is 7.52. The van der Waals surface area contributed by atoms with Gasteiger partial charge in [-0.25, -0.2) is 0 Å². The molecule has 3 rings (SSSR count). The predicted octanol–water partition coefficient (Wildman–Crippen LogP) is 2.98. The van der Waals surface area contributed by atoms with E-state index in [-0.39, 0.29) is 12.5 Å². The van der Waals surface area contributed by atoms with Gasteiger partial charge in [-0.15, -0.1) is 0 Å².